The second-order valence-corrected chi connectivity index (χ2v) is 4.06. The van der Waals surface area contributed by atoms with Crippen molar-refractivity contribution in [3.8, 4) is 6.07 Å². The SMILES string of the molecule is Cc1ncnc(Nc2ccc(C#N)cc2Cl)c1N. The minimum Gasteiger partial charge on any atom is -0.394 e. The van der Waals surface area contributed by atoms with Crippen LogP contribution in [0.3, 0.4) is 0 Å². The second kappa shape index (κ2) is 4.90. The third-order valence-corrected chi connectivity index (χ3v) is 2.75. The molecule has 6 heteroatoms. The summed E-state index contributed by atoms with van der Waals surface area (Å²) in [6.45, 7) is 1.79. The molecule has 0 saturated carbocycles. The topological polar surface area (TPSA) is 87.6 Å². The van der Waals surface area contributed by atoms with Crippen molar-refractivity contribution in [2.24, 2.45) is 0 Å². The molecule has 1 aromatic heterocycles. The highest BCUT2D eigenvalue weighted by Crippen LogP contribution is 2.28. The number of aryl methyl sites for hydroxylation is 1. The highest BCUT2D eigenvalue weighted by atomic mass is 35.5. The number of hydrogen-bond acceptors (Lipinski definition) is 5. The van der Waals surface area contributed by atoms with Crippen molar-refractivity contribution in [2.75, 3.05) is 11.1 Å². The van der Waals surface area contributed by atoms with Crippen LogP contribution in [0.4, 0.5) is 17.2 Å². The van der Waals surface area contributed by atoms with Gasteiger partial charge in [0.05, 0.1) is 33.7 Å². The van der Waals surface area contributed by atoms with Crippen LogP contribution in [0.5, 0.6) is 0 Å². The minimum atomic E-state index is 0.435. The highest BCUT2D eigenvalue weighted by Gasteiger charge is 2.07. The van der Waals surface area contributed by atoms with E-state index in [0.717, 1.165) is 0 Å². The molecule has 2 rings (SSSR count). The van der Waals surface area contributed by atoms with Gasteiger partial charge in [0, 0.05) is 0 Å². The molecule has 0 radical (unpaired) electrons. The minimum absolute atomic E-state index is 0.435. The van der Waals surface area contributed by atoms with Gasteiger partial charge in [-0.1, -0.05) is 11.6 Å². The maximum Gasteiger partial charge on any atom is 0.157 e. The number of halogens is 1. The largest absolute Gasteiger partial charge is 0.394 e. The van der Waals surface area contributed by atoms with Crippen molar-refractivity contribution in [1.82, 2.24) is 9.97 Å². The molecule has 0 unspecified atom stereocenters. The van der Waals surface area contributed by atoms with Crippen molar-refractivity contribution in [2.45, 2.75) is 6.92 Å². The average molecular weight is 260 g/mol. The molecule has 0 aliphatic rings. The fourth-order valence-electron chi connectivity index (χ4n) is 1.40. The van der Waals surface area contributed by atoms with Gasteiger partial charge in [0.15, 0.2) is 5.82 Å². The fourth-order valence-corrected chi connectivity index (χ4v) is 1.62. The lowest BCUT2D eigenvalue weighted by Crippen LogP contribution is -2.03. The van der Waals surface area contributed by atoms with E-state index in [9.17, 15) is 0 Å². The molecule has 5 nitrogen and oxygen atoms in total. The lowest BCUT2D eigenvalue weighted by molar-refractivity contribution is 1.11. The normalized spacial score (nSPS) is 9.83. The van der Waals surface area contributed by atoms with Crippen LogP contribution < -0.4 is 11.1 Å². The first-order chi connectivity index (χ1) is 8.61. The van der Waals surface area contributed by atoms with Crippen LogP contribution in [0.2, 0.25) is 5.02 Å². The molecule has 0 amide bonds. The summed E-state index contributed by atoms with van der Waals surface area (Å²) in [5.41, 5.74) is 8.15. The number of nitrogens with two attached hydrogens (primary N) is 1. The van der Waals surface area contributed by atoms with E-state index < -0.39 is 0 Å². The number of nitrogens with zero attached hydrogens (tertiary/aromatic N) is 3. The second-order valence-electron chi connectivity index (χ2n) is 3.65. The number of benzene rings is 1. The Hall–Kier alpha value is -2.32. The number of nitrogen functional groups attached to an aromatic ring is 1. The zero-order valence-electron chi connectivity index (χ0n) is 9.61. The number of aromatic nitrogens is 2. The van der Waals surface area contributed by atoms with Gasteiger partial charge in [0.1, 0.15) is 6.33 Å². The van der Waals surface area contributed by atoms with E-state index >= 15 is 0 Å². The highest BCUT2D eigenvalue weighted by molar-refractivity contribution is 6.33. The lowest BCUT2D eigenvalue weighted by atomic mass is 10.2. The van der Waals surface area contributed by atoms with Gasteiger partial charge in [0.25, 0.3) is 0 Å². The summed E-state index contributed by atoms with van der Waals surface area (Å²) < 4.78 is 0. The molecule has 0 bridgehead atoms. The van der Waals surface area contributed by atoms with Crippen LogP contribution in [-0.2, 0) is 0 Å². The van der Waals surface area contributed by atoms with Gasteiger partial charge in [-0.05, 0) is 25.1 Å². The number of hydrogen-bond donors (Lipinski definition) is 2. The van der Waals surface area contributed by atoms with Gasteiger partial charge in [-0.2, -0.15) is 5.26 Å². The van der Waals surface area contributed by atoms with Crippen LogP contribution in [0.15, 0.2) is 24.5 Å². The van der Waals surface area contributed by atoms with Gasteiger partial charge in [-0.25, -0.2) is 9.97 Å². The lowest BCUT2D eigenvalue weighted by Gasteiger charge is -2.10. The third-order valence-electron chi connectivity index (χ3n) is 2.43. The Morgan fingerprint density at radius 1 is 1.39 bits per heavy atom. The van der Waals surface area contributed by atoms with Crippen molar-refractivity contribution < 1.29 is 0 Å². The molecule has 2 aromatic rings. The zero-order chi connectivity index (χ0) is 13.1. The van der Waals surface area contributed by atoms with E-state index in [2.05, 4.69) is 15.3 Å². The monoisotopic (exact) mass is 259 g/mol. The predicted octanol–water partition coefficient (Wildman–Crippen LogP) is 2.64. The van der Waals surface area contributed by atoms with Crippen LogP contribution in [0, 0.1) is 18.3 Å². The molecule has 3 N–H and O–H groups in total. The summed E-state index contributed by atoms with van der Waals surface area (Å²) in [7, 11) is 0. The Kier molecular flexibility index (Phi) is 3.31. The molecule has 0 fully saturated rings. The summed E-state index contributed by atoms with van der Waals surface area (Å²) in [5.74, 6) is 0.495. The van der Waals surface area contributed by atoms with Crippen LogP contribution >= 0.6 is 11.6 Å². The van der Waals surface area contributed by atoms with Gasteiger partial charge >= 0.3 is 0 Å². The summed E-state index contributed by atoms with van der Waals surface area (Å²) in [4.78, 5) is 8.03. The number of anilines is 3. The molecule has 90 valence electrons. The first kappa shape index (κ1) is 12.1. The Morgan fingerprint density at radius 2 is 2.17 bits per heavy atom. The molecule has 1 heterocycles. The maximum absolute atomic E-state index is 8.75. The Morgan fingerprint density at radius 3 is 2.83 bits per heavy atom. The molecular weight excluding hydrogens is 250 g/mol. The van der Waals surface area contributed by atoms with E-state index in [-0.39, 0.29) is 0 Å². The number of rotatable bonds is 2. The van der Waals surface area contributed by atoms with Crippen LogP contribution in [0.25, 0.3) is 0 Å². The summed E-state index contributed by atoms with van der Waals surface area (Å²) in [6.07, 6.45) is 1.42. The van der Waals surface area contributed by atoms with Crippen molar-refractivity contribution >= 4 is 28.8 Å². The van der Waals surface area contributed by atoms with Crippen LogP contribution in [0.1, 0.15) is 11.3 Å². The quantitative estimate of drug-likeness (QED) is 0.866. The molecule has 0 aliphatic carbocycles. The molecular formula is C12H10ClN5. The van der Waals surface area contributed by atoms with E-state index in [4.69, 9.17) is 22.6 Å². The van der Waals surface area contributed by atoms with Crippen LogP contribution in [-0.4, -0.2) is 9.97 Å². The third kappa shape index (κ3) is 2.34. The van der Waals surface area contributed by atoms with E-state index in [0.29, 0.717) is 33.5 Å². The predicted molar refractivity (Wildman–Crippen MR) is 70.6 cm³/mol. The smallest absolute Gasteiger partial charge is 0.157 e. The summed E-state index contributed by atoms with van der Waals surface area (Å²) >= 11 is 6.05. The zero-order valence-corrected chi connectivity index (χ0v) is 10.4. The van der Waals surface area contributed by atoms with E-state index in [1.807, 2.05) is 6.07 Å². The van der Waals surface area contributed by atoms with E-state index in [1.165, 1.54) is 6.33 Å². The first-order valence-corrected chi connectivity index (χ1v) is 5.53. The average Bonchev–Trinajstić information content (AvgIpc) is 2.37. The Balaban J connectivity index is 2.35. The molecule has 1 aromatic carbocycles. The van der Waals surface area contributed by atoms with Crippen molar-refractivity contribution in [1.29, 1.82) is 5.26 Å². The molecule has 0 saturated heterocycles. The van der Waals surface area contributed by atoms with Gasteiger partial charge in [-0.3, -0.25) is 0 Å². The summed E-state index contributed by atoms with van der Waals surface area (Å²) in [5, 5.41) is 12.2. The van der Waals surface area contributed by atoms with Crippen molar-refractivity contribution in [3.63, 3.8) is 0 Å². The molecule has 0 spiro atoms. The van der Waals surface area contributed by atoms with Gasteiger partial charge < -0.3 is 11.1 Å². The first-order valence-electron chi connectivity index (χ1n) is 5.15. The standard InChI is InChI=1S/C12H10ClN5/c1-7-11(15)12(17-6-16-7)18-10-3-2-8(5-14)4-9(10)13/h2-4,6H,15H2,1H3,(H,16,17,18). The molecule has 18 heavy (non-hydrogen) atoms. The summed E-state index contributed by atoms with van der Waals surface area (Å²) in [6, 6.07) is 6.97. The number of nitrogens with one attached hydrogen (secondary N) is 1. The van der Waals surface area contributed by atoms with Gasteiger partial charge in [-0.15, -0.1) is 0 Å². The molecule has 0 atom stereocenters. The molecule has 0 aliphatic heterocycles. The van der Waals surface area contributed by atoms with Gasteiger partial charge in [0.2, 0.25) is 0 Å². The number of nitriles is 1. The Labute approximate surface area is 109 Å². The fraction of sp³-hybridized carbons (Fsp3) is 0.0833. The van der Waals surface area contributed by atoms with Crippen molar-refractivity contribution in [3.05, 3.63) is 40.8 Å². The van der Waals surface area contributed by atoms with E-state index in [1.54, 1.807) is 25.1 Å². The maximum atomic E-state index is 8.75. The Bertz CT molecular complexity index is 633.